The maximum atomic E-state index is 5.93. The second kappa shape index (κ2) is 5.86. The Morgan fingerprint density at radius 3 is 2.86 bits per heavy atom. The lowest BCUT2D eigenvalue weighted by Gasteiger charge is -2.22. The summed E-state index contributed by atoms with van der Waals surface area (Å²) in [5, 5.41) is 0. The van der Waals surface area contributed by atoms with Gasteiger partial charge in [-0.25, -0.2) is 4.98 Å². The molecule has 0 saturated carbocycles. The molecule has 110 valence electrons. The number of benzene rings is 1. The Bertz CT molecular complexity index is 649. The van der Waals surface area contributed by atoms with Crippen molar-refractivity contribution in [2.75, 3.05) is 11.9 Å². The normalized spacial score (nSPS) is 13.3. The third kappa shape index (κ3) is 2.93. The fourth-order valence-corrected chi connectivity index (χ4v) is 3.15. The molecule has 0 unspecified atom stereocenters. The Labute approximate surface area is 126 Å². The summed E-state index contributed by atoms with van der Waals surface area (Å²) in [5.41, 5.74) is 12.3. The van der Waals surface area contributed by atoms with Crippen molar-refractivity contribution in [2.45, 2.75) is 39.3 Å². The molecule has 0 fully saturated rings. The summed E-state index contributed by atoms with van der Waals surface area (Å²) in [6, 6.07) is 10.9. The van der Waals surface area contributed by atoms with E-state index in [4.69, 9.17) is 10.7 Å². The average molecular weight is 281 g/mol. The highest BCUT2D eigenvalue weighted by Gasteiger charge is 2.17. The van der Waals surface area contributed by atoms with Crippen LogP contribution in [0.2, 0.25) is 0 Å². The first-order valence-corrected chi connectivity index (χ1v) is 7.66. The molecule has 1 aliphatic carbocycles. The zero-order valence-corrected chi connectivity index (χ0v) is 12.9. The molecule has 2 N–H and O–H groups in total. The van der Waals surface area contributed by atoms with Crippen molar-refractivity contribution >= 4 is 5.82 Å². The van der Waals surface area contributed by atoms with Crippen molar-refractivity contribution in [1.82, 2.24) is 4.98 Å². The van der Waals surface area contributed by atoms with Gasteiger partial charge in [0, 0.05) is 31.4 Å². The molecule has 1 aromatic carbocycles. The molecule has 21 heavy (non-hydrogen) atoms. The van der Waals surface area contributed by atoms with E-state index in [0.717, 1.165) is 30.8 Å². The number of hydrogen-bond acceptors (Lipinski definition) is 3. The summed E-state index contributed by atoms with van der Waals surface area (Å²) in [6.45, 7) is 3.54. The van der Waals surface area contributed by atoms with Gasteiger partial charge in [0.2, 0.25) is 0 Å². The van der Waals surface area contributed by atoms with Gasteiger partial charge in [0.25, 0.3) is 0 Å². The molecule has 1 heterocycles. The third-order valence-electron chi connectivity index (χ3n) is 4.19. The minimum absolute atomic E-state index is 0.549. The molecule has 3 nitrogen and oxygen atoms in total. The van der Waals surface area contributed by atoms with Crippen molar-refractivity contribution in [3.63, 3.8) is 0 Å². The maximum absolute atomic E-state index is 5.93. The summed E-state index contributed by atoms with van der Waals surface area (Å²) < 4.78 is 0. The second-order valence-corrected chi connectivity index (χ2v) is 5.98. The van der Waals surface area contributed by atoms with Gasteiger partial charge in [0.15, 0.2) is 0 Å². The number of pyridine rings is 1. The molecular formula is C18H23N3. The van der Waals surface area contributed by atoms with Crippen molar-refractivity contribution in [1.29, 1.82) is 0 Å². The fraction of sp³-hybridized carbons (Fsp3) is 0.389. The molecule has 0 radical (unpaired) electrons. The van der Waals surface area contributed by atoms with Crippen molar-refractivity contribution in [2.24, 2.45) is 5.73 Å². The van der Waals surface area contributed by atoms with E-state index < -0.39 is 0 Å². The molecule has 1 aliphatic rings. The molecule has 0 aliphatic heterocycles. The smallest absolute Gasteiger partial charge is 0.133 e. The molecule has 3 heteroatoms. The van der Waals surface area contributed by atoms with Crippen molar-refractivity contribution in [3.05, 3.63) is 58.3 Å². The van der Waals surface area contributed by atoms with Crippen LogP contribution in [-0.4, -0.2) is 12.0 Å². The SMILES string of the molecule is Cc1cccc(CN(C)c2nc3c(cc2CN)CCC3)c1. The lowest BCUT2D eigenvalue weighted by molar-refractivity contribution is 0.858. The van der Waals surface area contributed by atoms with Gasteiger partial charge in [0.1, 0.15) is 5.82 Å². The van der Waals surface area contributed by atoms with Gasteiger partial charge in [-0.3, -0.25) is 0 Å². The molecule has 3 rings (SSSR count). The standard InChI is InChI=1S/C18H23N3/c1-13-5-3-6-14(9-13)12-21(2)18-16(11-19)10-15-7-4-8-17(15)20-18/h3,5-6,9-10H,4,7-8,11-12,19H2,1-2H3. The summed E-state index contributed by atoms with van der Waals surface area (Å²) in [6.07, 6.45) is 3.47. The van der Waals surface area contributed by atoms with Crippen LogP contribution in [0.15, 0.2) is 30.3 Å². The monoisotopic (exact) mass is 281 g/mol. The van der Waals surface area contributed by atoms with Crippen LogP contribution in [0.25, 0.3) is 0 Å². The summed E-state index contributed by atoms with van der Waals surface area (Å²) >= 11 is 0. The first-order chi connectivity index (χ1) is 10.2. The van der Waals surface area contributed by atoms with Crippen LogP contribution >= 0.6 is 0 Å². The predicted octanol–water partition coefficient (Wildman–Crippen LogP) is 2.97. The fourth-order valence-electron chi connectivity index (χ4n) is 3.15. The number of aryl methyl sites for hydroxylation is 3. The van der Waals surface area contributed by atoms with E-state index in [0.29, 0.717) is 6.54 Å². The van der Waals surface area contributed by atoms with Crippen LogP contribution in [-0.2, 0) is 25.9 Å². The Balaban J connectivity index is 1.88. The number of rotatable bonds is 4. The minimum Gasteiger partial charge on any atom is -0.355 e. The van der Waals surface area contributed by atoms with Gasteiger partial charge >= 0.3 is 0 Å². The molecule has 2 aromatic rings. The third-order valence-corrected chi connectivity index (χ3v) is 4.19. The van der Waals surface area contributed by atoms with E-state index in [1.807, 2.05) is 0 Å². The zero-order chi connectivity index (χ0) is 14.8. The second-order valence-electron chi connectivity index (χ2n) is 5.98. The molecule has 0 saturated heterocycles. The van der Waals surface area contributed by atoms with Crippen LogP contribution in [0.4, 0.5) is 5.82 Å². The number of nitrogens with two attached hydrogens (primary N) is 1. The molecule has 0 amide bonds. The van der Waals surface area contributed by atoms with Gasteiger partial charge in [-0.05, 0) is 43.4 Å². The van der Waals surface area contributed by atoms with E-state index in [9.17, 15) is 0 Å². The van der Waals surface area contributed by atoms with E-state index in [1.54, 1.807) is 0 Å². The summed E-state index contributed by atoms with van der Waals surface area (Å²) in [5.74, 6) is 1.04. The minimum atomic E-state index is 0.549. The van der Waals surface area contributed by atoms with Crippen LogP contribution in [0.3, 0.4) is 0 Å². The summed E-state index contributed by atoms with van der Waals surface area (Å²) in [7, 11) is 2.10. The van der Waals surface area contributed by atoms with Gasteiger partial charge in [0.05, 0.1) is 0 Å². The summed E-state index contributed by atoms with van der Waals surface area (Å²) in [4.78, 5) is 7.11. The van der Waals surface area contributed by atoms with E-state index in [-0.39, 0.29) is 0 Å². The largest absolute Gasteiger partial charge is 0.355 e. The quantitative estimate of drug-likeness (QED) is 0.937. The topological polar surface area (TPSA) is 42.2 Å². The Morgan fingerprint density at radius 1 is 1.24 bits per heavy atom. The zero-order valence-electron chi connectivity index (χ0n) is 12.9. The first-order valence-electron chi connectivity index (χ1n) is 7.66. The van der Waals surface area contributed by atoms with Crippen molar-refractivity contribution in [3.8, 4) is 0 Å². The Kier molecular flexibility index (Phi) is 3.93. The van der Waals surface area contributed by atoms with Crippen LogP contribution in [0, 0.1) is 6.92 Å². The molecule has 0 atom stereocenters. The van der Waals surface area contributed by atoms with Crippen LogP contribution in [0.1, 0.15) is 34.4 Å². The van der Waals surface area contributed by atoms with E-state index in [2.05, 4.69) is 49.2 Å². The van der Waals surface area contributed by atoms with Crippen molar-refractivity contribution < 1.29 is 0 Å². The Hall–Kier alpha value is -1.87. The molecule has 1 aromatic heterocycles. The highest BCUT2D eigenvalue weighted by atomic mass is 15.2. The van der Waals surface area contributed by atoms with Crippen LogP contribution in [0.5, 0.6) is 0 Å². The number of aromatic nitrogens is 1. The molecular weight excluding hydrogens is 258 g/mol. The highest BCUT2D eigenvalue weighted by Crippen LogP contribution is 2.27. The van der Waals surface area contributed by atoms with Gasteiger partial charge < -0.3 is 10.6 Å². The van der Waals surface area contributed by atoms with E-state index in [1.165, 1.54) is 28.8 Å². The van der Waals surface area contributed by atoms with Gasteiger partial charge in [-0.2, -0.15) is 0 Å². The Morgan fingerprint density at radius 2 is 2.10 bits per heavy atom. The predicted molar refractivity (Wildman–Crippen MR) is 87.4 cm³/mol. The molecule has 0 bridgehead atoms. The first kappa shape index (κ1) is 14.1. The number of fused-ring (bicyclic) bond motifs is 1. The van der Waals surface area contributed by atoms with Gasteiger partial charge in [-0.1, -0.05) is 29.8 Å². The maximum Gasteiger partial charge on any atom is 0.133 e. The highest BCUT2D eigenvalue weighted by molar-refractivity contribution is 5.51. The number of anilines is 1. The average Bonchev–Trinajstić information content (AvgIpc) is 2.93. The number of nitrogens with zero attached hydrogens (tertiary/aromatic N) is 2. The van der Waals surface area contributed by atoms with Gasteiger partial charge in [-0.15, -0.1) is 0 Å². The van der Waals surface area contributed by atoms with E-state index >= 15 is 0 Å². The number of hydrogen-bond donors (Lipinski definition) is 1. The lowest BCUT2D eigenvalue weighted by Crippen LogP contribution is -2.21. The van der Waals surface area contributed by atoms with Crippen LogP contribution < -0.4 is 10.6 Å². The molecule has 0 spiro atoms. The lowest BCUT2D eigenvalue weighted by atomic mass is 10.1.